The molecule has 0 saturated heterocycles. The van der Waals surface area contributed by atoms with Crippen LogP contribution in [0.4, 0.5) is 13.2 Å². The monoisotopic (exact) mass is 609 g/mol. The molecule has 12 heteroatoms. The highest BCUT2D eigenvalue weighted by Crippen LogP contribution is 2.50. The fraction of sp³-hybridized carbons (Fsp3) is 0.500. The molecule has 1 aliphatic heterocycles. The first-order chi connectivity index (χ1) is 20.8. The zero-order chi connectivity index (χ0) is 31.7. The Bertz CT molecular complexity index is 1500. The van der Waals surface area contributed by atoms with Crippen molar-refractivity contribution in [1.29, 1.82) is 0 Å². The van der Waals surface area contributed by atoms with Crippen LogP contribution in [0.25, 0.3) is 0 Å². The summed E-state index contributed by atoms with van der Waals surface area (Å²) in [6.45, 7) is 8.79. The van der Waals surface area contributed by atoms with E-state index >= 15 is 0 Å². The van der Waals surface area contributed by atoms with Crippen LogP contribution in [0.5, 0.6) is 0 Å². The lowest BCUT2D eigenvalue weighted by Gasteiger charge is -2.47. The predicted molar refractivity (Wildman–Crippen MR) is 158 cm³/mol. The number of nitrogens with one attached hydrogen (secondary N) is 2. The number of H-pyrrole nitrogens is 1. The van der Waals surface area contributed by atoms with Gasteiger partial charge < -0.3 is 10.2 Å². The number of rotatable bonds is 8. The van der Waals surface area contributed by atoms with E-state index in [1.807, 2.05) is 24.0 Å². The number of benzene rings is 2. The number of alkyl halides is 3. The summed E-state index contributed by atoms with van der Waals surface area (Å²) < 4.78 is 40.9. The van der Waals surface area contributed by atoms with Gasteiger partial charge in [-0.2, -0.15) is 18.4 Å². The Kier molecular flexibility index (Phi) is 8.64. The minimum atomic E-state index is -4.54. The number of hydrogen-bond donors (Lipinski definition) is 2. The molecule has 3 aromatic rings. The van der Waals surface area contributed by atoms with Crippen LogP contribution in [-0.4, -0.2) is 48.7 Å². The molecule has 44 heavy (non-hydrogen) atoms. The number of aliphatic imine (C=N–C) groups is 1. The predicted octanol–water partition coefficient (Wildman–Crippen LogP) is 6.25. The number of halogens is 3. The number of aromatic nitrogens is 4. The lowest BCUT2D eigenvalue weighted by Crippen LogP contribution is -2.51. The Morgan fingerprint density at radius 2 is 1.82 bits per heavy atom. The summed E-state index contributed by atoms with van der Waals surface area (Å²) in [7, 11) is 0. The first kappa shape index (κ1) is 31.3. The van der Waals surface area contributed by atoms with E-state index in [1.165, 1.54) is 12.1 Å². The topological polar surface area (TPSA) is 116 Å². The molecule has 0 radical (unpaired) electrons. The standard InChI is InChI=1S/C32H38F3N7O2/c1-5-7-25(20-10-12-21(13-11-20)28(43)36-19-26-38-40-41-39-26)42-29(44)27(22-8-6-9-24(18-22)32(33,34)35)37-31(42)16-14-23(15-17-31)30(2,3)4/h6,8-13,18,23,25H,5,7,14-17,19H2,1-4H3,(H,36,43)(H,38,39,40,41)/t23?,25-,31?/m1/s1. The normalized spacial score (nSPS) is 21.4. The number of hydrogen-bond acceptors (Lipinski definition) is 6. The summed E-state index contributed by atoms with van der Waals surface area (Å²) in [5.74, 6) is 0.123. The summed E-state index contributed by atoms with van der Waals surface area (Å²) in [5.41, 5.74) is -0.0616. The van der Waals surface area contributed by atoms with Crippen LogP contribution >= 0.6 is 0 Å². The molecule has 2 aliphatic rings. The maximum atomic E-state index is 14.3. The fourth-order valence-corrected chi connectivity index (χ4v) is 6.47. The largest absolute Gasteiger partial charge is 0.416 e. The Morgan fingerprint density at radius 3 is 2.41 bits per heavy atom. The van der Waals surface area contributed by atoms with Gasteiger partial charge in [0.25, 0.3) is 11.8 Å². The van der Waals surface area contributed by atoms with Crippen molar-refractivity contribution in [3.63, 3.8) is 0 Å². The third-order valence-electron chi connectivity index (χ3n) is 8.89. The molecule has 234 valence electrons. The van der Waals surface area contributed by atoms with Crippen molar-refractivity contribution in [2.75, 3.05) is 0 Å². The molecule has 2 heterocycles. The zero-order valence-electron chi connectivity index (χ0n) is 25.4. The van der Waals surface area contributed by atoms with Gasteiger partial charge in [0.15, 0.2) is 5.82 Å². The summed E-state index contributed by atoms with van der Waals surface area (Å²) >= 11 is 0. The van der Waals surface area contributed by atoms with E-state index in [9.17, 15) is 22.8 Å². The minimum Gasteiger partial charge on any atom is -0.345 e. The van der Waals surface area contributed by atoms with Crippen molar-refractivity contribution in [1.82, 2.24) is 30.8 Å². The quantitative estimate of drug-likeness (QED) is 0.313. The van der Waals surface area contributed by atoms with Crippen LogP contribution in [0, 0.1) is 11.3 Å². The van der Waals surface area contributed by atoms with Gasteiger partial charge in [-0.15, -0.1) is 10.2 Å². The number of aromatic amines is 1. The summed E-state index contributed by atoms with van der Waals surface area (Å²) in [5, 5.41) is 16.2. The smallest absolute Gasteiger partial charge is 0.345 e. The van der Waals surface area contributed by atoms with Crippen molar-refractivity contribution in [2.24, 2.45) is 16.3 Å². The first-order valence-corrected chi connectivity index (χ1v) is 15.0. The lowest BCUT2D eigenvalue weighted by molar-refractivity contribution is -0.137. The van der Waals surface area contributed by atoms with Crippen LogP contribution in [0.15, 0.2) is 53.5 Å². The number of carbonyl (C=O) groups is 2. The van der Waals surface area contributed by atoms with Crippen LogP contribution in [0.3, 0.4) is 0 Å². The average molecular weight is 610 g/mol. The van der Waals surface area contributed by atoms with Gasteiger partial charge >= 0.3 is 6.18 Å². The molecule has 2 N–H and O–H groups in total. The molecule has 1 atom stereocenters. The van der Waals surface area contributed by atoms with Crippen molar-refractivity contribution < 1.29 is 22.8 Å². The maximum Gasteiger partial charge on any atom is 0.416 e. The number of carbonyl (C=O) groups excluding carboxylic acids is 2. The summed E-state index contributed by atoms with van der Waals surface area (Å²) in [6.07, 6.45) is -0.188. The van der Waals surface area contributed by atoms with Crippen LogP contribution in [0.2, 0.25) is 0 Å². The van der Waals surface area contributed by atoms with E-state index in [0.717, 1.165) is 37.0 Å². The van der Waals surface area contributed by atoms with Crippen LogP contribution in [0.1, 0.15) is 105 Å². The molecule has 1 fully saturated rings. The fourth-order valence-electron chi connectivity index (χ4n) is 6.47. The number of amides is 2. The van der Waals surface area contributed by atoms with E-state index in [4.69, 9.17) is 4.99 Å². The van der Waals surface area contributed by atoms with Crippen molar-refractivity contribution in [3.05, 3.63) is 76.6 Å². The molecule has 2 amide bonds. The average Bonchev–Trinajstić information content (AvgIpc) is 3.60. The molecule has 5 rings (SSSR count). The van der Waals surface area contributed by atoms with E-state index in [-0.39, 0.29) is 41.1 Å². The highest BCUT2D eigenvalue weighted by Gasteiger charge is 2.52. The van der Waals surface area contributed by atoms with Gasteiger partial charge in [0.05, 0.1) is 18.2 Å². The third kappa shape index (κ3) is 6.39. The Hall–Kier alpha value is -4.09. The molecule has 1 saturated carbocycles. The lowest BCUT2D eigenvalue weighted by atomic mass is 9.69. The second-order valence-corrected chi connectivity index (χ2v) is 12.8. The van der Waals surface area contributed by atoms with E-state index < -0.39 is 17.4 Å². The molecular weight excluding hydrogens is 571 g/mol. The van der Waals surface area contributed by atoms with Gasteiger partial charge in [-0.25, -0.2) is 0 Å². The molecule has 1 spiro atoms. The molecule has 1 aliphatic carbocycles. The molecular formula is C32H38F3N7O2. The highest BCUT2D eigenvalue weighted by atomic mass is 19.4. The van der Waals surface area contributed by atoms with Crippen LogP contribution in [-0.2, 0) is 17.5 Å². The zero-order valence-corrected chi connectivity index (χ0v) is 25.4. The second-order valence-electron chi connectivity index (χ2n) is 12.8. The molecule has 0 bridgehead atoms. The Morgan fingerprint density at radius 1 is 1.11 bits per heavy atom. The van der Waals surface area contributed by atoms with Gasteiger partial charge in [-0.1, -0.05) is 63.6 Å². The first-order valence-electron chi connectivity index (χ1n) is 15.0. The summed E-state index contributed by atoms with van der Waals surface area (Å²) in [6, 6.07) is 11.6. The van der Waals surface area contributed by atoms with E-state index in [1.54, 1.807) is 12.1 Å². The number of nitrogens with zero attached hydrogens (tertiary/aromatic N) is 5. The van der Waals surface area contributed by atoms with Gasteiger partial charge in [0.2, 0.25) is 0 Å². The van der Waals surface area contributed by atoms with Gasteiger partial charge in [-0.05, 0) is 73.3 Å². The van der Waals surface area contributed by atoms with Gasteiger partial charge in [0.1, 0.15) is 11.4 Å². The minimum absolute atomic E-state index is 0.0730. The molecule has 9 nitrogen and oxygen atoms in total. The van der Waals surface area contributed by atoms with Crippen LogP contribution < -0.4 is 5.32 Å². The van der Waals surface area contributed by atoms with E-state index in [0.29, 0.717) is 36.6 Å². The second kappa shape index (κ2) is 12.1. The Balaban J connectivity index is 1.48. The number of tetrazole rings is 1. The van der Waals surface area contributed by atoms with E-state index in [2.05, 4.69) is 46.7 Å². The summed E-state index contributed by atoms with van der Waals surface area (Å²) in [4.78, 5) is 33.9. The van der Waals surface area contributed by atoms with Crippen molar-refractivity contribution >= 4 is 17.5 Å². The van der Waals surface area contributed by atoms with Crippen molar-refractivity contribution in [3.8, 4) is 0 Å². The molecule has 1 aromatic heterocycles. The van der Waals surface area contributed by atoms with Gasteiger partial charge in [0, 0.05) is 11.1 Å². The highest BCUT2D eigenvalue weighted by molar-refractivity contribution is 6.46. The maximum absolute atomic E-state index is 14.3. The molecule has 2 aromatic carbocycles. The third-order valence-corrected chi connectivity index (χ3v) is 8.89. The van der Waals surface area contributed by atoms with Crippen molar-refractivity contribution in [2.45, 2.75) is 90.6 Å². The Labute approximate surface area is 254 Å². The SMILES string of the molecule is CCC[C@H](c1ccc(C(=O)NCc2nn[nH]n2)cc1)N1C(=O)C(c2cccc(C(F)(F)F)c2)=NC12CCC(C(C)(C)C)CC2. The van der Waals surface area contributed by atoms with Gasteiger partial charge in [-0.3, -0.25) is 14.6 Å². The molecule has 0 unspecified atom stereocenters.